The van der Waals surface area contributed by atoms with Gasteiger partial charge in [-0.2, -0.15) is 0 Å². The summed E-state index contributed by atoms with van der Waals surface area (Å²) < 4.78 is 21.0. The van der Waals surface area contributed by atoms with Crippen LogP contribution in [0.4, 0.5) is 27.3 Å². The number of methoxy groups -OCH3 is 1. The van der Waals surface area contributed by atoms with Gasteiger partial charge in [-0.15, -0.1) is 0 Å². The second-order valence-corrected chi connectivity index (χ2v) is 14.0. The van der Waals surface area contributed by atoms with Crippen molar-refractivity contribution in [3.8, 4) is 5.75 Å². The molecule has 2 aliphatic heterocycles. The zero-order valence-electron chi connectivity index (χ0n) is 30.1. The Balaban J connectivity index is 1.36. The number of carbonyl (C=O) groups excluding carboxylic acids is 3. The Morgan fingerprint density at radius 2 is 1.80 bits per heavy atom. The fourth-order valence-corrected chi connectivity index (χ4v) is 6.46. The molecule has 0 aliphatic carbocycles. The number of nitrogens with zero attached hydrogens (tertiary/aromatic N) is 5. The summed E-state index contributed by atoms with van der Waals surface area (Å²) in [6.45, 7) is 14.2. The van der Waals surface area contributed by atoms with Crippen LogP contribution in [0.25, 0.3) is 10.9 Å². The van der Waals surface area contributed by atoms with Crippen molar-refractivity contribution >= 4 is 51.5 Å². The number of anilines is 4. The quantitative estimate of drug-likeness (QED) is 0.235. The number of carbonyl (C=O) groups is 3. The van der Waals surface area contributed by atoms with Crippen molar-refractivity contribution < 1.29 is 23.5 Å². The lowest BCUT2D eigenvalue weighted by molar-refractivity contribution is -0.143. The zero-order chi connectivity index (χ0) is 36.2. The molecular weight excluding hydrogens is 641 g/mol. The number of likely N-dealkylation sites (N-methyl/N-ethyl adjacent to an activating group) is 2. The number of ether oxygens (including phenoxy) is 1. The Hall–Kier alpha value is -4.56. The molecule has 1 aromatic heterocycles. The van der Waals surface area contributed by atoms with Crippen LogP contribution in [0.15, 0.2) is 36.7 Å². The number of benzene rings is 2. The SMILES string of the molecule is CCN1CCN(c2ccc(Nc3ncnc4cc(OC)c(NC(=O)C5CCCN5C(=O)C(NC(=O)C(C)NC)C(C)(C)C)cc34)cc2F)CC1. The van der Waals surface area contributed by atoms with Crippen LogP contribution in [-0.2, 0) is 14.4 Å². The van der Waals surface area contributed by atoms with Crippen LogP contribution in [-0.4, -0.2) is 109 Å². The number of nitrogens with one attached hydrogen (secondary N) is 4. The molecule has 0 saturated carbocycles. The van der Waals surface area contributed by atoms with E-state index in [2.05, 4.69) is 48.0 Å². The third-order valence-electron chi connectivity index (χ3n) is 9.65. The molecule has 270 valence electrons. The first-order chi connectivity index (χ1) is 23.8. The molecule has 2 fully saturated rings. The third-order valence-corrected chi connectivity index (χ3v) is 9.65. The largest absolute Gasteiger partial charge is 0.494 e. The molecule has 0 bridgehead atoms. The summed E-state index contributed by atoms with van der Waals surface area (Å²) in [6.07, 6.45) is 2.52. The first-order valence-electron chi connectivity index (χ1n) is 17.3. The van der Waals surface area contributed by atoms with Crippen molar-refractivity contribution in [2.75, 3.05) is 69.0 Å². The molecular formula is C36H50FN9O4. The fraction of sp³-hybridized carbons (Fsp3) is 0.528. The minimum Gasteiger partial charge on any atom is -0.494 e. The zero-order valence-corrected chi connectivity index (χ0v) is 30.1. The lowest BCUT2D eigenvalue weighted by Crippen LogP contribution is -2.59. The second-order valence-electron chi connectivity index (χ2n) is 14.0. The van der Waals surface area contributed by atoms with E-state index >= 15 is 4.39 Å². The highest BCUT2D eigenvalue weighted by Crippen LogP contribution is 2.35. The molecule has 2 aliphatic rings. The first-order valence-corrected chi connectivity index (χ1v) is 17.3. The number of likely N-dealkylation sites (tertiary alicyclic amines) is 1. The summed E-state index contributed by atoms with van der Waals surface area (Å²) in [7, 11) is 3.18. The predicted molar refractivity (Wildman–Crippen MR) is 193 cm³/mol. The molecule has 3 aromatic rings. The average molecular weight is 692 g/mol. The predicted octanol–water partition coefficient (Wildman–Crippen LogP) is 3.73. The minimum absolute atomic E-state index is 0.294. The van der Waals surface area contributed by atoms with E-state index in [4.69, 9.17) is 4.74 Å². The number of aromatic nitrogens is 2. The van der Waals surface area contributed by atoms with Gasteiger partial charge < -0.3 is 40.7 Å². The van der Waals surface area contributed by atoms with Crippen LogP contribution >= 0.6 is 0 Å². The van der Waals surface area contributed by atoms with E-state index in [0.29, 0.717) is 58.9 Å². The average Bonchev–Trinajstić information content (AvgIpc) is 3.60. The smallest absolute Gasteiger partial charge is 0.247 e. The Bertz CT molecular complexity index is 1710. The summed E-state index contributed by atoms with van der Waals surface area (Å²) >= 11 is 0. The van der Waals surface area contributed by atoms with Crippen LogP contribution in [0.2, 0.25) is 0 Å². The molecule has 0 radical (unpaired) electrons. The van der Waals surface area contributed by atoms with Gasteiger partial charge in [0.15, 0.2) is 0 Å². The fourth-order valence-electron chi connectivity index (χ4n) is 6.46. The number of piperazine rings is 1. The summed E-state index contributed by atoms with van der Waals surface area (Å²) in [5.41, 5.74) is 1.42. The number of rotatable bonds is 11. The lowest BCUT2D eigenvalue weighted by atomic mass is 9.85. The summed E-state index contributed by atoms with van der Waals surface area (Å²) in [5, 5.41) is 12.6. The van der Waals surface area contributed by atoms with E-state index in [1.54, 1.807) is 37.1 Å². The molecule has 13 nitrogen and oxygen atoms in total. The van der Waals surface area contributed by atoms with E-state index in [1.807, 2.05) is 26.8 Å². The van der Waals surface area contributed by atoms with Crippen molar-refractivity contribution in [1.29, 1.82) is 0 Å². The van der Waals surface area contributed by atoms with Crippen LogP contribution in [0.1, 0.15) is 47.5 Å². The molecule has 3 unspecified atom stereocenters. The molecule has 5 rings (SSSR count). The second kappa shape index (κ2) is 15.5. The maximum atomic E-state index is 15.4. The molecule has 0 spiro atoms. The highest BCUT2D eigenvalue weighted by molar-refractivity contribution is 6.03. The van der Waals surface area contributed by atoms with E-state index in [1.165, 1.54) is 19.5 Å². The number of amides is 3. The van der Waals surface area contributed by atoms with Gasteiger partial charge in [0.1, 0.15) is 35.8 Å². The highest BCUT2D eigenvalue weighted by Gasteiger charge is 2.42. The van der Waals surface area contributed by atoms with Gasteiger partial charge in [-0.3, -0.25) is 14.4 Å². The number of hydrogen-bond acceptors (Lipinski definition) is 10. The van der Waals surface area contributed by atoms with Crippen molar-refractivity contribution in [3.05, 3.63) is 42.5 Å². The summed E-state index contributed by atoms with van der Waals surface area (Å²) in [5.74, 6) is -0.496. The Morgan fingerprint density at radius 3 is 2.44 bits per heavy atom. The van der Waals surface area contributed by atoms with Crippen LogP contribution in [0, 0.1) is 11.2 Å². The third kappa shape index (κ3) is 8.07. The molecule has 2 saturated heterocycles. The van der Waals surface area contributed by atoms with Crippen molar-refractivity contribution in [2.45, 2.75) is 65.6 Å². The highest BCUT2D eigenvalue weighted by atomic mass is 19.1. The van der Waals surface area contributed by atoms with Crippen molar-refractivity contribution in [1.82, 2.24) is 30.4 Å². The first kappa shape index (κ1) is 36.7. The van der Waals surface area contributed by atoms with Crippen LogP contribution in [0.5, 0.6) is 5.75 Å². The Labute approximate surface area is 293 Å². The molecule has 4 N–H and O–H groups in total. The Morgan fingerprint density at radius 1 is 1.06 bits per heavy atom. The maximum absolute atomic E-state index is 15.4. The molecule has 14 heteroatoms. The van der Waals surface area contributed by atoms with E-state index in [0.717, 1.165) is 32.7 Å². The van der Waals surface area contributed by atoms with Crippen LogP contribution < -0.4 is 30.9 Å². The number of hydrogen-bond donors (Lipinski definition) is 4. The Kier molecular flexibility index (Phi) is 11.4. The maximum Gasteiger partial charge on any atom is 0.247 e. The molecule has 3 atom stereocenters. The minimum atomic E-state index is -0.828. The van der Waals surface area contributed by atoms with Gasteiger partial charge in [0.05, 0.1) is 30.0 Å². The number of halogens is 1. The monoisotopic (exact) mass is 691 g/mol. The van der Waals surface area contributed by atoms with Gasteiger partial charge in [0.2, 0.25) is 17.7 Å². The van der Waals surface area contributed by atoms with Gasteiger partial charge in [0.25, 0.3) is 0 Å². The van der Waals surface area contributed by atoms with Gasteiger partial charge in [0, 0.05) is 49.9 Å². The molecule has 2 aromatic carbocycles. The standard InChI is InChI=1S/C36H50FN9O4/c1-8-44-14-16-45(17-15-44)28-12-11-23(18-25(28)37)41-32-24-19-27(30(50-7)20-26(24)39-21-40-32)42-34(48)29-10-9-13-46(29)35(49)31(36(3,4)5)43-33(47)22(2)38-6/h11-12,18-22,29,31,38H,8-10,13-17H2,1-7H3,(H,42,48)(H,43,47)(H,39,40,41). The molecule has 3 amide bonds. The van der Waals surface area contributed by atoms with Gasteiger partial charge in [-0.05, 0) is 63.0 Å². The van der Waals surface area contributed by atoms with E-state index < -0.39 is 23.5 Å². The summed E-state index contributed by atoms with van der Waals surface area (Å²) in [4.78, 5) is 55.3. The molecule has 3 heterocycles. The van der Waals surface area contributed by atoms with Crippen molar-refractivity contribution in [3.63, 3.8) is 0 Å². The number of fused-ring (bicyclic) bond motifs is 1. The summed E-state index contributed by atoms with van der Waals surface area (Å²) in [6, 6.07) is 6.41. The van der Waals surface area contributed by atoms with Gasteiger partial charge in [-0.1, -0.05) is 27.7 Å². The van der Waals surface area contributed by atoms with Crippen LogP contribution in [0.3, 0.4) is 0 Å². The van der Waals surface area contributed by atoms with E-state index in [-0.39, 0.29) is 23.5 Å². The van der Waals surface area contributed by atoms with E-state index in [9.17, 15) is 14.4 Å². The van der Waals surface area contributed by atoms with Crippen molar-refractivity contribution in [2.24, 2.45) is 5.41 Å². The van der Waals surface area contributed by atoms with Gasteiger partial charge >= 0.3 is 0 Å². The molecule has 50 heavy (non-hydrogen) atoms. The van der Waals surface area contributed by atoms with Gasteiger partial charge in [-0.25, -0.2) is 14.4 Å². The topological polar surface area (TPSA) is 144 Å². The lowest BCUT2D eigenvalue weighted by Gasteiger charge is -2.36. The normalized spacial score (nSPS) is 18.1.